The Labute approximate surface area is 183 Å². The van der Waals surface area contributed by atoms with Crippen LogP contribution < -0.4 is 0 Å². The van der Waals surface area contributed by atoms with Crippen molar-refractivity contribution in [1.29, 1.82) is 0 Å². The van der Waals surface area contributed by atoms with Gasteiger partial charge in [0, 0.05) is 13.5 Å². The number of hydrogen-bond acceptors (Lipinski definition) is 3. The van der Waals surface area contributed by atoms with Crippen LogP contribution in [0.4, 0.5) is 0 Å². The second-order valence-electron chi connectivity index (χ2n) is 11.5. The van der Waals surface area contributed by atoms with E-state index >= 15 is 0 Å². The average Bonchev–Trinajstić information content (AvgIpc) is 3.09. The lowest BCUT2D eigenvalue weighted by Gasteiger charge is -2.58. The summed E-state index contributed by atoms with van der Waals surface area (Å²) in [4.78, 5) is 17.3. The van der Waals surface area contributed by atoms with Gasteiger partial charge in [-0.15, -0.1) is 0 Å². The lowest BCUT2D eigenvalue weighted by Crippen LogP contribution is -2.50. The molecule has 4 nitrogen and oxygen atoms in total. The monoisotopic (exact) mass is 417 g/mol. The first-order chi connectivity index (χ1) is 14.2. The summed E-state index contributed by atoms with van der Waals surface area (Å²) in [5, 5.41) is 11.6. The van der Waals surface area contributed by atoms with Gasteiger partial charge >= 0.3 is 0 Å². The van der Waals surface area contributed by atoms with Gasteiger partial charge in [-0.05, 0) is 98.2 Å². The van der Waals surface area contributed by atoms with Crippen molar-refractivity contribution in [2.75, 3.05) is 14.2 Å². The van der Waals surface area contributed by atoms with Crippen LogP contribution in [-0.4, -0.2) is 36.3 Å². The van der Waals surface area contributed by atoms with Crippen molar-refractivity contribution in [3.05, 3.63) is 11.6 Å². The molecule has 4 aliphatic rings. The Morgan fingerprint density at radius 2 is 2.00 bits per heavy atom. The number of hydroxylamine groups is 2. The van der Waals surface area contributed by atoms with E-state index in [4.69, 9.17) is 4.84 Å². The van der Waals surface area contributed by atoms with E-state index in [0.717, 1.165) is 42.9 Å². The number of allylic oxidation sites excluding steroid dienone is 1. The predicted octanol–water partition coefficient (Wildman–Crippen LogP) is 5.36. The summed E-state index contributed by atoms with van der Waals surface area (Å²) in [5.74, 6) is 3.84. The molecule has 170 valence electrons. The molecule has 4 heteroatoms. The summed E-state index contributed by atoms with van der Waals surface area (Å²) in [6, 6.07) is 0. The van der Waals surface area contributed by atoms with Crippen molar-refractivity contribution in [3.63, 3.8) is 0 Å². The third kappa shape index (κ3) is 3.56. The zero-order chi connectivity index (χ0) is 21.7. The number of aliphatic hydroxyl groups excluding tert-OH is 1. The molecular weight excluding hydrogens is 374 g/mol. The Morgan fingerprint density at radius 1 is 1.23 bits per heavy atom. The summed E-state index contributed by atoms with van der Waals surface area (Å²) in [6.45, 7) is 7.47. The molecule has 0 aliphatic heterocycles. The highest BCUT2D eigenvalue weighted by Gasteiger charge is 2.59. The van der Waals surface area contributed by atoms with Gasteiger partial charge in [0.2, 0.25) is 5.91 Å². The van der Waals surface area contributed by atoms with Crippen molar-refractivity contribution in [1.82, 2.24) is 5.06 Å². The minimum Gasteiger partial charge on any atom is -0.393 e. The molecule has 8 atom stereocenters. The number of nitrogens with zero attached hydrogens (tertiary/aromatic N) is 1. The van der Waals surface area contributed by atoms with E-state index in [1.165, 1.54) is 43.6 Å². The molecule has 0 radical (unpaired) electrons. The standard InChI is InChI=1S/C26H43NO3/c1-17(6-11-24(29)27(4)30-5)21-9-10-22-20-8-7-18-16-19(28)12-14-25(18,2)23(20)13-15-26(21,22)3/h7,17,19-23,28H,6,8-16H2,1-5H3/t17-,19?,20?,21-,22?,23?,25+,26-/m1/s1. The molecule has 3 fully saturated rings. The zero-order valence-corrected chi connectivity index (χ0v) is 19.8. The number of rotatable bonds is 5. The highest BCUT2D eigenvalue weighted by atomic mass is 16.7. The van der Waals surface area contributed by atoms with Crippen LogP contribution in [0.1, 0.15) is 85.0 Å². The number of carbonyl (C=O) groups excluding carboxylic acids is 1. The van der Waals surface area contributed by atoms with Crippen LogP contribution in [0.25, 0.3) is 0 Å². The maximum atomic E-state index is 12.2. The van der Waals surface area contributed by atoms with Crippen LogP contribution in [0, 0.1) is 40.4 Å². The summed E-state index contributed by atoms with van der Waals surface area (Å²) in [6.07, 6.45) is 13.6. The first-order valence-corrected chi connectivity index (χ1v) is 12.4. The van der Waals surface area contributed by atoms with Crippen molar-refractivity contribution in [2.45, 2.75) is 91.1 Å². The summed E-state index contributed by atoms with van der Waals surface area (Å²) in [7, 11) is 3.26. The highest BCUT2D eigenvalue weighted by Crippen LogP contribution is 2.67. The van der Waals surface area contributed by atoms with E-state index in [1.54, 1.807) is 19.7 Å². The minimum absolute atomic E-state index is 0.0881. The fraction of sp³-hybridized carbons (Fsp3) is 0.885. The molecule has 0 aromatic rings. The maximum Gasteiger partial charge on any atom is 0.245 e. The largest absolute Gasteiger partial charge is 0.393 e. The smallest absolute Gasteiger partial charge is 0.245 e. The van der Waals surface area contributed by atoms with Gasteiger partial charge in [-0.2, -0.15) is 0 Å². The number of hydrogen-bond donors (Lipinski definition) is 1. The normalized spacial score (nSPS) is 43.8. The maximum absolute atomic E-state index is 12.2. The van der Waals surface area contributed by atoms with Gasteiger partial charge in [-0.1, -0.05) is 32.4 Å². The topological polar surface area (TPSA) is 49.8 Å². The average molecular weight is 418 g/mol. The Kier molecular flexibility index (Phi) is 6.13. The number of amides is 1. The van der Waals surface area contributed by atoms with Crippen molar-refractivity contribution in [3.8, 4) is 0 Å². The van der Waals surface area contributed by atoms with Gasteiger partial charge in [0.25, 0.3) is 0 Å². The molecular formula is C26H43NO3. The molecule has 0 aromatic heterocycles. The minimum atomic E-state index is -0.119. The van der Waals surface area contributed by atoms with Crippen LogP contribution in [0.2, 0.25) is 0 Å². The second-order valence-corrected chi connectivity index (χ2v) is 11.5. The van der Waals surface area contributed by atoms with E-state index in [2.05, 4.69) is 26.8 Å². The second kappa shape index (κ2) is 8.24. The Hall–Kier alpha value is -0.870. The number of carbonyl (C=O) groups is 1. The van der Waals surface area contributed by atoms with Gasteiger partial charge in [-0.3, -0.25) is 9.63 Å². The molecule has 0 bridgehead atoms. The SMILES string of the molecule is CON(C)C(=O)CC[C@@H](C)[C@H]1CCC2C3CC=C4CC(O)CC[C@]4(C)C3CC[C@@]21C. The lowest BCUT2D eigenvalue weighted by atomic mass is 9.47. The van der Waals surface area contributed by atoms with Crippen LogP contribution >= 0.6 is 0 Å². The Bertz CT molecular complexity index is 690. The Morgan fingerprint density at radius 3 is 2.73 bits per heavy atom. The number of fused-ring (bicyclic) bond motifs is 5. The molecule has 1 N–H and O–H groups in total. The molecule has 3 saturated carbocycles. The first-order valence-electron chi connectivity index (χ1n) is 12.4. The molecule has 0 heterocycles. The summed E-state index contributed by atoms with van der Waals surface area (Å²) < 4.78 is 0. The predicted molar refractivity (Wildman–Crippen MR) is 119 cm³/mol. The van der Waals surface area contributed by atoms with Gasteiger partial charge in [0.1, 0.15) is 0 Å². The summed E-state index contributed by atoms with van der Waals surface area (Å²) >= 11 is 0. The number of aliphatic hydroxyl groups is 1. The van der Waals surface area contributed by atoms with Crippen molar-refractivity contribution < 1.29 is 14.7 Å². The van der Waals surface area contributed by atoms with Crippen LogP contribution in [0.5, 0.6) is 0 Å². The van der Waals surface area contributed by atoms with Gasteiger partial charge in [0.05, 0.1) is 13.2 Å². The quantitative estimate of drug-likeness (QED) is 0.484. The molecule has 4 unspecified atom stereocenters. The third-order valence-electron chi connectivity index (χ3n) is 10.3. The fourth-order valence-electron chi connectivity index (χ4n) is 8.43. The van der Waals surface area contributed by atoms with E-state index in [1.807, 2.05) is 0 Å². The van der Waals surface area contributed by atoms with Gasteiger partial charge in [-0.25, -0.2) is 5.06 Å². The fourth-order valence-corrected chi connectivity index (χ4v) is 8.43. The van der Waals surface area contributed by atoms with E-state index in [9.17, 15) is 9.90 Å². The molecule has 0 spiro atoms. The van der Waals surface area contributed by atoms with E-state index in [-0.39, 0.29) is 12.0 Å². The first kappa shape index (κ1) is 22.3. The van der Waals surface area contributed by atoms with Crippen LogP contribution in [0.3, 0.4) is 0 Å². The third-order valence-corrected chi connectivity index (χ3v) is 10.3. The van der Waals surface area contributed by atoms with Crippen LogP contribution in [-0.2, 0) is 9.63 Å². The van der Waals surface area contributed by atoms with Crippen LogP contribution in [0.15, 0.2) is 11.6 Å². The van der Waals surface area contributed by atoms with Crippen molar-refractivity contribution in [2.24, 2.45) is 40.4 Å². The van der Waals surface area contributed by atoms with Gasteiger partial charge in [0.15, 0.2) is 0 Å². The highest BCUT2D eigenvalue weighted by molar-refractivity contribution is 5.74. The molecule has 0 saturated heterocycles. The van der Waals surface area contributed by atoms with E-state index in [0.29, 0.717) is 23.2 Å². The van der Waals surface area contributed by atoms with Gasteiger partial charge < -0.3 is 5.11 Å². The molecule has 4 rings (SSSR count). The molecule has 0 aromatic carbocycles. The van der Waals surface area contributed by atoms with E-state index < -0.39 is 0 Å². The molecule has 1 amide bonds. The Balaban J connectivity index is 1.47. The summed E-state index contributed by atoms with van der Waals surface area (Å²) in [5.41, 5.74) is 2.31. The molecule has 30 heavy (non-hydrogen) atoms. The zero-order valence-electron chi connectivity index (χ0n) is 19.8. The molecule has 4 aliphatic carbocycles. The van der Waals surface area contributed by atoms with Crippen molar-refractivity contribution >= 4 is 5.91 Å². The lowest BCUT2D eigenvalue weighted by molar-refractivity contribution is -0.169.